The number of aromatic hydroxyl groups is 1. The minimum Gasteiger partial charge on any atom is -0.507 e. The molecule has 41 heavy (non-hydrogen) atoms. The Morgan fingerprint density at radius 2 is 1.27 bits per heavy atom. The second kappa shape index (κ2) is 13.2. The summed E-state index contributed by atoms with van der Waals surface area (Å²) in [4.78, 5) is 40.4. The maximum absolute atomic E-state index is 13.8. The zero-order chi connectivity index (χ0) is 29.4. The zero-order valence-corrected chi connectivity index (χ0v) is 22.7. The third-order valence-corrected chi connectivity index (χ3v) is 6.17. The molecule has 0 aliphatic carbocycles. The van der Waals surface area contributed by atoms with Crippen molar-refractivity contribution in [1.82, 2.24) is 0 Å². The topological polar surface area (TPSA) is 118 Å². The van der Waals surface area contributed by atoms with Crippen molar-refractivity contribution in [2.75, 3.05) is 21.3 Å². The molecule has 0 saturated carbocycles. The van der Waals surface area contributed by atoms with Crippen molar-refractivity contribution >= 4 is 17.5 Å². The number of rotatable bonds is 12. The predicted octanol–water partition coefficient (Wildman–Crippen LogP) is 5.29. The normalized spacial score (nSPS) is 11.2. The first kappa shape index (κ1) is 28.7. The number of phenols is 1. The molecule has 9 nitrogen and oxygen atoms in total. The smallest absolute Gasteiger partial charge is 0.339 e. The third-order valence-electron chi connectivity index (χ3n) is 6.17. The second-order valence-corrected chi connectivity index (χ2v) is 8.76. The molecule has 4 aromatic rings. The van der Waals surface area contributed by atoms with Crippen molar-refractivity contribution in [3.63, 3.8) is 0 Å². The molecule has 210 valence electrons. The van der Waals surface area contributed by atoms with Gasteiger partial charge in [0, 0.05) is 17.7 Å². The molecule has 1 N–H and O–H groups in total. The van der Waals surface area contributed by atoms with E-state index in [1.807, 2.05) is 30.3 Å². The SMILES string of the molecule is COc1ccc(C(=O)OC(C(=O)c2ccc(OC)cc2)C(=O)c2c(O)cc(OCc3ccccc3)cc2OC)cc1. The first-order chi connectivity index (χ1) is 19.8. The Kier molecular flexibility index (Phi) is 9.21. The van der Waals surface area contributed by atoms with E-state index in [2.05, 4.69) is 0 Å². The molecule has 0 aromatic heterocycles. The molecule has 0 spiro atoms. The largest absolute Gasteiger partial charge is 0.507 e. The summed E-state index contributed by atoms with van der Waals surface area (Å²) in [5.74, 6) is -2.04. The molecule has 1 atom stereocenters. The Hall–Kier alpha value is -5.31. The van der Waals surface area contributed by atoms with Crippen LogP contribution in [-0.2, 0) is 11.3 Å². The van der Waals surface area contributed by atoms with Gasteiger partial charge in [0.1, 0.15) is 40.9 Å². The van der Waals surface area contributed by atoms with Gasteiger partial charge in [-0.15, -0.1) is 0 Å². The molecule has 0 bridgehead atoms. The fourth-order valence-corrected chi connectivity index (χ4v) is 3.98. The van der Waals surface area contributed by atoms with Crippen LogP contribution in [0, 0.1) is 0 Å². The lowest BCUT2D eigenvalue weighted by Gasteiger charge is -2.19. The van der Waals surface area contributed by atoms with Gasteiger partial charge in [-0.2, -0.15) is 0 Å². The van der Waals surface area contributed by atoms with E-state index in [4.69, 9.17) is 23.7 Å². The minimum absolute atomic E-state index is 0.0638. The van der Waals surface area contributed by atoms with Crippen LogP contribution >= 0.6 is 0 Å². The first-order valence-corrected chi connectivity index (χ1v) is 12.5. The molecule has 9 heteroatoms. The van der Waals surface area contributed by atoms with Gasteiger partial charge >= 0.3 is 5.97 Å². The van der Waals surface area contributed by atoms with E-state index < -0.39 is 29.4 Å². The average Bonchev–Trinajstić information content (AvgIpc) is 3.02. The van der Waals surface area contributed by atoms with Crippen LogP contribution in [0.3, 0.4) is 0 Å². The third kappa shape index (κ3) is 6.83. The number of hydrogen-bond donors (Lipinski definition) is 1. The lowest BCUT2D eigenvalue weighted by atomic mass is 9.96. The van der Waals surface area contributed by atoms with Gasteiger partial charge < -0.3 is 28.8 Å². The molecule has 4 rings (SSSR count). The molecule has 1 unspecified atom stereocenters. The van der Waals surface area contributed by atoms with Gasteiger partial charge in [0.2, 0.25) is 17.7 Å². The van der Waals surface area contributed by atoms with E-state index in [1.165, 1.54) is 69.9 Å². The number of ketones is 2. The Bertz CT molecular complexity index is 1510. The molecule has 0 fully saturated rings. The number of carbonyl (C=O) groups excluding carboxylic acids is 3. The van der Waals surface area contributed by atoms with Gasteiger partial charge in [0.05, 0.1) is 26.9 Å². The Morgan fingerprint density at radius 1 is 0.683 bits per heavy atom. The molecular weight excluding hydrogens is 528 g/mol. The summed E-state index contributed by atoms with van der Waals surface area (Å²) >= 11 is 0. The van der Waals surface area contributed by atoms with Crippen LogP contribution in [-0.4, -0.2) is 50.1 Å². The number of ether oxygens (including phenoxy) is 5. The van der Waals surface area contributed by atoms with E-state index >= 15 is 0 Å². The molecule has 0 radical (unpaired) electrons. The molecular formula is C32H28O9. The fourth-order valence-electron chi connectivity index (χ4n) is 3.98. The summed E-state index contributed by atoms with van der Waals surface area (Å²) in [5, 5.41) is 10.9. The average molecular weight is 557 g/mol. The summed E-state index contributed by atoms with van der Waals surface area (Å²) in [5.41, 5.74) is 0.732. The van der Waals surface area contributed by atoms with Gasteiger partial charge in [-0.3, -0.25) is 9.59 Å². The van der Waals surface area contributed by atoms with Crippen molar-refractivity contribution in [3.05, 3.63) is 113 Å². The molecule has 4 aromatic carbocycles. The molecule has 0 amide bonds. The van der Waals surface area contributed by atoms with Crippen LogP contribution in [0.2, 0.25) is 0 Å². The quantitative estimate of drug-likeness (QED) is 0.141. The van der Waals surface area contributed by atoms with Gasteiger partial charge in [-0.05, 0) is 54.1 Å². The summed E-state index contributed by atoms with van der Waals surface area (Å²) < 4.78 is 26.9. The summed E-state index contributed by atoms with van der Waals surface area (Å²) in [6, 6.07) is 24.0. The van der Waals surface area contributed by atoms with Crippen LogP contribution in [0.15, 0.2) is 91.0 Å². The van der Waals surface area contributed by atoms with Crippen LogP contribution in [0.4, 0.5) is 0 Å². The standard InChI is InChI=1S/C32H28O9/c1-37-23-13-9-21(10-14-23)29(34)31(41-32(36)22-11-15-24(38-2)16-12-22)30(35)28-26(33)17-25(18-27(28)39-3)40-19-20-7-5-4-6-8-20/h4-18,31,33H,19H2,1-3H3. The highest BCUT2D eigenvalue weighted by Crippen LogP contribution is 2.35. The summed E-state index contributed by atoms with van der Waals surface area (Å²) in [7, 11) is 4.26. The maximum Gasteiger partial charge on any atom is 0.339 e. The van der Waals surface area contributed by atoms with Crippen molar-refractivity contribution < 1.29 is 43.2 Å². The lowest BCUT2D eigenvalue weighted by Crippen LogP contribution is -2.35. The predicted molar refractivity (Wildman–Crippen MR) is 149 cm³/mol. The van der Waals surface area contributed by atoms with Crippen molar-refractivity contribution in [1.29, 1.82) is 0 Å². The second-order valence-electron chi connectivity index (χ2n) is 8.76. The highest BCUT2D eigenvalue weighted by Gasteiger charge is 2.36. The molecule has 0 aliphatic rings. The van der Waals surface area contributed by atoms with E-state index in [9.17, 15) is 19.5 Å². The Balaban J connectivity index is 1.67. The summed E-state index contributed by atoms with van der Waals surface area (Å²) in [6.45, 7) is 0.203. The molecule has 0 saturated heterocycles. The number of phenolic OH excluding ortho intramolecular Hbond substituents is 1. The van der Waals surface area contributed by atoms with Gasteiger partial charge in [-0.1, -0.05) is 30.3 Å². The Labute approximate surface area is 236 Å². The van der Waals surface area contributed by atoms with Crippen LogP contribution in [0.1, 0.15) is 36.6 Å². The van der Waals surface area contributed by atoms with Gasteiger partial charge in [-0.25, -0.2) is 4.79 Å². The number of methoxy groups -OCH3 is 3. The number of Topliss-reactive ketones (excluding diaryl/α,β-unsaturated/α-hetero) is 2. The van der Waals surface area contributed by atoms with Crippen LogP contribution in [0.25, 0.3) is 0 Å². The van der Waals surface area contributed by atoms with Gasteiger partial charge in [0.25, 0.3) is 0 Å². The van der Waals surface area contributed by atoms with E-state index in [-0.39, 0.29) is 34.8 Å². The van der Waals surface area contributed by atoms with Crippen molar-refractivity contribution in [2.45, 2.75) is 12.7 Å². The van der Waals surface area contributed by atoms with Crippen molar-refractivity contribution in [2.24, 2.45) is 0 Å². The maximum atomic E-state index is 13.8. The van der Waals surface area contributed by atoms with Crippen LogP contribution < -0.4 is 18.9 Å². The number of hydrogen-bond acceptors (Lipinski definition) is 9. The fraction of sp³-hybridized carbons (Fsp3) is 0.156. The number of carbonyl (C=O) groups is 3. The molecule has 0 aliphatic heterocycles. The highest BCUT2D eigenvalue weighted by molar-refractivity contribution is 6.21. The molecule has 0 heterocycles. The zero-order valence-electron chi connectivity index (χ0n) is 22.7. The number of benzene rings is 4. The number of esters is 1. The lowest BCUT2D eigenvalue weighted by molar-refractivity contribution is 0.0272. The minimum atomic E-state index is -1.94. The Morgan fingerprint density at radius 3 is 1.83 bits per heavy atom. The van der Waals surface area contributed by atoms with Gasteiger partial charge in [0.15, 0.2) is 0 Å². The van der Waals surface area contributed by atoms with E-state index in [0.29, 0.717) is 11.5 Å². The monoisotopic (exact) mass is 556 g/mol. The van der Waals surface area contributed by atoms with E-state index in [1.54, 1.807) is 12.1 Å². The summed E-state index contributed by atoms with van der Waals surface area (Å²) in [6.07, 6.45) is -1.94. The van der Waals surface area contributed by atoms with E-state index in [0.717, 1.165) is 5.56 Å². The van der Waals surface area contributed by atoms with Crippen molar-refractivity contribution in [3.8, 4) is 28.7 Å². The first-order valence-electron chi connectivity index (χ1n) is 12.5. The highest BCUT2D eigenvalue weighted by atomic mass is 16.6. The van der Waals surface area contributed by atoms with Crippen LogP contribution in [0.5, 0.6) is 28.7 Å².